The molecule has 1 aromatic carbocycles. The summed E-state index contributed by atoms with van der Waals surface area (Å²) in [5, 5.41) is 6.25. The molecule has 0 radical (unpaired) electrons. The van der Waals surface area contributed by atoms with E-state index in [0.717, 1.165) is 31.9 Å². The first kappa shape index (κ1) is 19.5. The van der Waals surface area contributed by atoms with Crippen LogP contribution in [0.5, 0.6) is 6.01 Å². The molecule has 1 aliphatic rings. The van der Waals surface area contributed by atoms with Crippen molar-refractivity contribution in [1.82, 2.24) is 25.3 Å². The van der Waals surface area contributed by atoms with Crippen molar-refractivity contribution < 1.29 is 9.53 Å². The van der Waals surface area contributed by atoms with Crippen molar-refractivity contribution in [2.75, 3.05) is 49.2 Å². The van der Waals surface area contributed by atoms with E-state index in [1.165, 1.54) is 13.3 Å². The lowest BCUT2D eigenvalue weighted by Crippen LogP contribution is -2.43. The lowest BCUT2D eigenvalue weighted by atomic mass is 10.2. The van der Waals surface area contributed by atoms with E-state index in [9.17, 15) is 4.79 Å². The Bertz CT molecular complexity index is 1040. The molecule has 3 aromatic rings. The maximum absolute atomic E-state index is 13.0. The molecule has 0 spiro atoms. The summed E-state index contributed by atoms with van der Waals surface area (Å²) >= 11 is 0. The van der Waals surface area contributed by atoms with Crippen LogP contribution < -0.4 is 26.0 Å². The van der Waals surface area contributed by atoms with Gasteiger partial charge in [-0.1, -0.05) is 12.1 Å². The molecule has 0 bridgehead atoms. The maximum Gasteiger partial charge on any atom is 0.316 e. The Kier molecular flexibility index (Phi) is 5.66. The molecule has 1 aliphatic heterocycles. The maximum atomic E-state index is 13.0. The van der Waals surface area contributed by atoms with Crippen molar-refractivity contribution in [3.8, 4) is 17.3 Å². The highest BCUT2D eigenvalue weighted by Crippen LogP contribution is 2.27. The SMILES string of the molecule is COc1ncc(-c2cnc(N)c(C(=O)Nc3ccccc3N3CCNCC3)n2)cn1. The number of rotatable bonds is 5. The predicted octanol–water partition coefficient (Wildman–Crippen LogP) is 1.19. The molecule has 3 heterocycles. The zero-order valence-electron chi connectivity index (χ0n) is 16.5. The number of amides is 1. The number of carbonyl (C=O) groups is 1. The van der Waals surface area contributed by atoms with Gasteiger partial charge in [0.2, 0.25) is 0 Å². The van der Waals surface area contributed by atoms with Crippen LogP contribution in [0.1, 0.15) is 10.5 Å². The van der Waals surface area contributed by atoms with Gasteiger partial charge < -0.3 is 26.0 Å². The van der Waals surface area contributed by atoms with E-state index >= 15 is 0 Å². The minimum absolute atomic E-state index is 0.0402. The third-order valence-corrected chi connectivity index (χ3v) is 4.73. The van der Waals surface area contributed by atoms with Gasteiger partial charge in [-0.05, 0) is 12.1 Å². The van der Waals surface area contributed by atoms with E-state index in [0.29, 0.717) is 16.9 Å². The largest absolute Gasteiger partial charge is 0.467 e. The van der Waals surface area contributed by atoms with Gasteiger partial charge in [-0.3, -0.25) is 4.79 Å². The molecule has 0 saturated carbocycles. The van der Waals surface area contributed by atoms with Crippen LogP contribution in [-0.2, 0) is 0 Å². The number of nitrogens with zero attached hydrogens (tertiary/aromatic N) is 5. The molecular formula is C20H22N8O2. The Hall–Kier alpha value is -3.79. The molecule has 1 saturated heterocycles. The summed E-state index contributed by atoms with van der Waals surface area (Å²) < 4.78 is 4.96. The van der Waals surface area contributed by atoms with Gasteiger partial charge in [-0.25, -0.2) is 19.9 Å². The fourth-order valence-corrected chi connectivity index (χ4v) is 3.20. The lowest BCUT2D eigenvalue weighted by molar-refractivity contribution is 0.102. The van der Waals surface area contributed by atoms with Gasteiger partial charge in [-0.2, -0.15) is 0 Å². The molecule has 30 heavy (non-hydrogen) atoms. The van der Waals surface area contributed by atoms with Crippen LogP contribution in [-0.4, -0.2) is 59.1 Å². The second-order valence-corrected chi connectivity index (χ2v) is 6.66. The second-order valence-electron chi connectivity index (χ2n) is 6.66. The van der Waals surface area contributed by atoms with Crippen molar-refractivity contribution in [3.05, 3.63) is 48.5 Å². The average Bonchev–Trinajstić information content (AvgIpc) is 2.80. The van der Waals surface area contributed by atoms with E-state index in [4.69, 9.17) is 10.5 Å². The van der Waals surface area contributed by atoms with E-state index in [1.54, 1.807) is 12.4 Å². The summed E-state index contributed by atoms with van der Waals surface area (Å²) in [4.78, 5) is 31.8. The van der Waals surface area contributed by atoms with Gasteiger partial charge in [0, 0.05) is 44.1 Å². The normalized spacial score (nSPS) is 13.7. The summed E-state index contributed by atoms with van der Waals surface area (Å²) in [5.41, 5.74) is 8.67. The first-order chi connectivity index (χ1) is 14.7. The van der Waals surface area contributed by atoms with E-state index < -0.39 is 5.91 Å². The highest BCUT2D eigenvalue weighted by Gasteiger charge is 2.19. The van der Waals surface area contributed by atoms with Crippen LogP contribution in [0.2, 0.25) is 0 Å². The van der Waals surface area contributed by atoms with E-state index in [1.807, 2.05) is 24.3 Å². The molecule has 0 aliphatic carbocycles. The highest BCUT2D eigenvalue weighted by molar-refractivity contribution is 6.07. The number of nitrogen functional groups attached to an aromatic ring is 1. The molecule has 0 atom stereocenters. The quantitative estimate of drug-likeness (QED) is 0.571. The fourth-order valence-electron chi connectivity index (χ4n) is 3.20. The van der Waals surface area contributed by atoms with Crippen LogP contribution in [0.15, 0.2) is 42.9 Å². The molecule has 1 fully saturated rings. The number of nitrogens with two attached hydrogens (primary N) is 1. The standard InChI is InChI=1S/C20H22N8O2/c1-30-20-24-10-13(11-25-20)15-12-23-18(21)17(26-15)19(29)27-14-4-2-3-5-16(14)28-8-6-22-7-9-28/h2-5,10-12,22H,6-9H2,1H3,(H2,21,23)(H,27,29). The number of carbonyl (C=O) groups excluding carboxylic acids is 1. The number of anilines is 3. The number of benzene rings is 1. The average molecular weight is 406 g/mol. The molecule has 4 N–H and O–H groups in total. The second kappa shape index (κ2) is 8.70. The summed E-state index contributed by atoms with van der Waals surface area (Å²) in [6.45, 7) is 3.52. The molecule has 1 amide bonds. The third-order valence-electron chi connectivity index (χ3n) is 4.73. The number of nitrogens with one attached hydrogen (secondary N) is 2. The van der Waals surface area contributed by atoms with Gasteiger partial charge in [-0.15, -0.1) is 0 Å². The number of hydrogen-bond donors (Lipinski definition) is 3. The van der Waals surface area contributed by atoms with Crippen molar-refractivity contribution in [1.29, 1.82) is 0 Å². The molecule has 10 heteroatoms. The fraction of sp³-hybridized carbons (Fsp3) is 0.250. The van der Waals surface area contributed by atoms with Crippen LogP contribution in [0.4, 0.5) is 17.2 Å². The van der Waals surface area contributed by atoms with Gasteiger partial charge in [0.25, 0.3) is 5.91 Å². The monoisotopic (exact) mass is 406 g/mol. The van der Waals surface area contributed by atoms with Crippen LogP contribution in [0, 0.1) is 0 Å². The zero-order chi connectivity index (χ0) is 20.9. The van der Waals surface area contributed by atoms with Gasteiger partial charge in [0.05, 0.1) is 30.4 Å². The van der Waals surface area contributed by atoms with Crippen LogP contribution >= 0.6 is 0 Å². The number of para-hydroxylation sites is 2. The van der Waals surface area contributed by atoms with Crippen LogP contribution in [0.3, 0.4) is 0 Å². The molecule has 2 aromatic heterocycles. The third kappa shape index (κ3) is 4.13. The van der Waals surface area contributed by atoms with E-state index in [2.05, 4.69) is 35.5 Å². The molecular weight excluding hydrogens is 384 g/mol. The van der Waals surface area contributed by atoms with Crippen LogP contribution in [0.25, 0.3) is 11.3 Å². The Morgan fingerprint density at radius 2 is 1.87 bits per heavy atom. The topological polar surface area (TPSA) is 131 Å². The molecule has 0 unspecified atom stereocenters. The molecule has 4 rings (SSSR count). The van der Waals surface area contributed by atoms with Crippen molar-refractivity contribution in [3.63, 3.8) is 0 Å². The number of ether oxygens (including phenoxy) is 1. The predicted molar refractivity (Wildman–Crippen MR) is 114 cm³/mol. The Balaban J connectivity index is 1.59. The van der Waals surface area contributed by atoms with Crippen molar-refractivity contribution in [2.45, 2.75) is 0 Å². The first-order valence-corrected chi connectivity index (χ1v) is 9.50. The van der Waals surface area contributed by atoms with Gasteiger partial charge >= 0.3 is 6.01 Å². The first-order valence-electron chi connectivity index (χ1n) is 9.50. The number of hydrogen-bond acceptors (Lipinski definition) is 9. The number of methoxy groups -OCH3 is 1. The molecule has 154 valence electrons. The van der Waals surface area contributed by atoms with E-state index in [-0.39, 0.29) is 17.5 Å². The Morgan fingerprint density at radius 3 is 2.60 bits per heavy atom. The smallest absolute Gasteiger partial charge is 0.316 e. The number of piperazine rings is 1. The van der Waals surface area contributed by atoms with Crippen molar-refractivity contribution in [2.24, 2.45) is 0 Å². The summed E-state index contributed by atoms with van der Waals surface area (Å²) in [5.74, 6) is -0.385. The number of aromatic nitrogens is 4. The Labute approximate surface area is 173 Å². The van der Waals surface area contributed by atoms with Gasteiger partial charge in [0.1, 0.15) is 0 Å². The minimum atomic E-state index is -0.432. The summed E-state index contributed by atoms with van der Waals surface area (Å²) in [6.07, 6.45) is 4.58. The minimum Gasteiger partial charge on any atom is -0.467 e. The summed E-state index contributed by atoms with van der Waals surface area (Å²) in [6, 6.07) is 7.92. The lowest BCUT2D eigenvalue weighted by Gasteiger charge is -2.31. The highest BCUT2D eigenvalue weighted by atomic mass is 16.5. The zero-order valence-corrected chi connectivity index (χ0v) is 16.5. The van der Waals surface area contributed by atoms with Gasteiger partial charge in [0.15, 0.2) is 11.5 Å². The molecule has 10 nitrogen and oxygen atoms in total. The summed E-state index contributed by atoms with van der Waals surface area (Å²) in [7, 11) is 1.48. The Morgan fingerprint density at radius 1 is 1.13 bits per heavy atom. The van der Waals surface area contributed by atoms with Crippen molar-refractivity contribution >= 4 is 23.1 Å².